The number of nitrogens with zero attached hydrogens (tertiary/aromatic N) is 1. The minimum absolute atomic E-state index is 0.435. The van der Waals surface area contributed by atoms with Gasteiger partial charge in [0.15, 0.2) is 0 Å². The van der Waals surface area contributed by atoms with Gasteiger partial charge in [-0.1, -0.05) is 12.1 Å². The van der Waals surface area contributed by atoms with Gasteiger partial charge in [-0.15, -0.1) is 0 Å². The molecule has 3 N–H and O–H groups in total. The van der Waals surface area contributed by atoms with E-state index in [0.717, 1.165) is 30.0 Å². The second-order valence-corrected chi connectivity index (χ2v) is 4.79. The molecule has 0 bridgehead atoms. The maximum Gasteiger partial charge on any atom is 0.488 e. The van der Waals surface area contributed by atoms with Gasteiger partial charge < -0.3 is 20.2 Å². The smallest absolute Gasteiger partial charge is 0.457 e. The number of nitrogens with one attached hydrogen (secondary N) is 1. The van der Waals surface area contributed by atoms with E-state index in [1.54, 1.807) is 24.3 Å². The van der Waals surface area contributed by atoms with Crippen molar-refractivity contribution in [3.05, 3.63) is 54.1 Å². The van der Waals surface area contributed by atoms with Crippen LogP contribution in [-0.4, -0.2) is 29.4 Å². The Morgan fingerprint density at radius 1 is 0.952 bits per heavy atom. The first-order chi connectivity index (χ1) is 10.2. The fraction of sp³-hybridized carbons (Fsp3) is 0.133. The number of hydrazone groups is 1. The first-order valence-electron chi connectivity index (χ1n) is 6.76. The van der Waals surface area contributed by atoms with Crippen LogP contribution in [0.5, 0.6) is 11.5 Å². The van der Waals surface area contributed by atoms with E-state index < -0.39 is 7.12 Å². The molecule has 2 aromatic rings. The van der Waals surface area contributed by atoms with Crippen molar-refractivity contribution in [1.82, 2.24) is 5.43 Å². The molecule has 0 amide bonds. The van der Waals surface area contributed by atoms with Crippen LogP contribution in [0.25, 0.3) is 0 Å². The van der Waals surface area contributed by atoms with Crippen molar-refractivity contribution in [2.24, 2.45) is 5.10 Å². The third-order valence-electron chi connectivity index (χ3n) is 3.29. The summed E-state index contributed by atoms with van der Waals surface area (Å²) in [5, 5.41) is 22.3. The molecule has 2 aromatic carbocycles. The first-order valence-corrected chi connectivity index (χ1v) is 6.76. The molecule has 0 radical (unpaired) electrons. The molecule has 3 rings (SSSR count). The summed E-state index contributed by atoms with van der Waals surface area (Å²) in [7, 11) is -1.46. The fourth-order valence-electron chi connectivity index (χ4n) is 2.15. The predicted octanol–water partition coefficient (Wildman–Crippen LogP) is 0.856. The van der Waals surface area contributed by atoms with Crippen LogP contribution in [0.15, 0.2) is 53.6 Å². The molecule has 0 saturated carbocycles. The highest BCUT2D eigenvalue weighted by molar-refractivity contribution is 6.58. The topological polar surface area (TPSA) is 74.1 Å². The fourth-order valence-corrected chi connectivity index (χ4v) is 2.15. The summed E-state index contributed by atoms with van der Waals surface area (Å²) >= 11 is 0. The summed E-state index contributed by atoms with van der Waals surface area (Å²) in [5.74, 6) is 1.37. The van der Waals surface area contributed by atoms with Gasteiger partial charge in [0.2, 0.25) is 0 Å². The molecule has 0 aliphatic carbocycles. The zero-order chi connectivity index (χ0) is 14.7. The quantitative estimate of drug-likeness (QED) is 0.727. The van der Waals surface area contributed by atoms with Crippen LogP contribution >= 0.6 is 0 Å². The van der Waals surface area contributed by atoms with Gasteiger partial charge in [-0.3, -0.25) is 0 Å². The highest BCUT2D eigenvalue weighted by Crippen LogP contribution is 2.21. The molecule has 1 aliphatic heterocycles. The van der Waals surface area contributed by atoms with Crippen LogP contribution in [0.4, 0.5) is 0 Å². The maximum atomic E-state index is 9.04. The highest BCUT2D eigenvalue weighted by atomic mass is 16.5. The summed E-state index contributed by atoms with van der Waals surface area (Å²) in [4.78, 5) is 0. The van der Waals surface area contributed by atoms with Crippen LogP contribution in [0, 0.1) is 0 Å². The summed E-state index contributed by atoms with van der Waals surface area (Å²) in [6, 6.07) is 14.4. The highest BCUT2D eigenvalue weighted by Gasteiger charge is 2.11. The number of hydrogen-bond donors (Lipinski definition) is 3. The lowest BCUT2D eigenvalue weighted by atomic mass is 9.80. The molecule has 0 atom stereocenters. The molecule has 0 aromatic heterocycles. The molecule has 1 aliphatic rings. The average Bonchev–Trinajstić information content (AvgIpc) is 3.03. The molecule has 0 unspecified atom stereocenters. The standard InChI is InChI=1S/C15H15BN2O3/c19-16(20)12-3-7-14(8-4-12)21-13-5-1-11(2-6-13)15-9-10-17-18-15/h1-8,17,19-20H,9-10H2. The molecule has 5 nitrogen and oxygen atoms in total. The van der Waals surface area contributed by atoms with Gasteiger partial charge in [0, 0.05) is 13.0 Å². The summed E-state index contributed by atoms with van der Waals surface area (Å²) in [5.41, 5.74) is 5.54. The molecule has 21 heavy (non-hydrogen) atoms. The Morgan fingerprint density at radius 3 is 2.10 bits per heavy atom. The molecule has 0 spiro atoms. The van der Waals surface area contributed by atoms with E-state index in [2.05, 4.69) is 10.5 Å². The van der Waals surface area contributed by atoms with Gasteiger partial charge in [0.25, 0.3) is 0 Å². The zero-order valence-corrected chi connectivity index (χ0v) is 11.4. The second kappa shape index (κ2) is 5.99. The third kappa shape index (κ3) is 3.24. The van der Waals surface area contributed by atoms with E-state index in [1.807, 2.05) is 24.3 Å². The minimum atomic E-state index is -1.46. The van der Waals surface area contributed by atoms with Crippen LogP contribution in [0.3, 0.4) is 0 Å². The zero-order valence-electron chi connectivity index (χ0n) is 11.4. The van der Waals surface area contributed by atoms with Crippen LogP contribution in [-0.2, 0) is 0 Å². The van der Waals surface area contributed by atoms with Crippen LogP contribution in [0.1, 0.15) is 12.0 Å². The van der Waals surface area contributed by atoms with E-state index in [1.165, 1.54) is 0 Å². The number of rotatable bonds is 4. The van der Waals surface area contributed by atoms with Gasteiger partial charge in [-0.05, 0) is 47.4 Å². The molecular weight excluding hydrogens is 267 g/mol. The van der Waals surface area contributed by atoms with E-state index in [0.29, 0.717) is 11.2 Å². The second-order valence-electron chi connectivity index (χ2n) is 4.79. The molecule has 0 fully saturated rings. The monoisotopic (exact) mass is 282 g/mol. The average molecular weight is 282 g/mol. The van der Waals surface area contributed by atoms with Crippen molar-refractivity contribution in [1.29, 1.82) is 0 Å². The van der Waals surface area contributed by atoms with Crippen molar-refractivity contribution < 1.29 is 14.8 Å². The van der Waals surface area contributed by atoms with E-state index in [-0.39, 0.29) is 0 Å². The first kappa shape index (κ1) is 13.7. The van der Waals surface area contributed by atoms with Crippen LogP contribution < -0.4 is 15.6 Å². The molecular formula is C15H15BN2O3. The van der Waals surface area contributed by atoms with Gasteiger partial charge in [0.1, 0.15) is 11.5 Å². The Balaban J connectivity index is 1.70. The predicted molar refractivity (Wildman–Crippen MR) is 81.9 cm³/mol. The van der Waals surface area contributed by atoms with E-state index in [9.17, 15) is 0 Å². The number of ether oxygens (including phenoxy) is 1. The molecule has 6 heteroatoms. The normalized spacial score (nSPS) is 13.5. The van der Waals surface area contributed by atoms with Crippen molar-refractivity contribution in [3.63, 3.8) is 0 Å². The van der Waals surface area contributed by atoms with E-state index in [4.69, 9.17) is 14.8 Å². The Bertz CT molecular complexity index is 639. The Hall–Kier alpha value is -2.31. The van der Waals surface area contributed by atoms with Crippen LogP contribution in [0.2, 0.25) is 0 Å². The maximum absolute atomic E-state index is 9.04. The minimum Gasteiger partial charge on any atom is -0.457 e. The Labute approximate surface area is 123 Å². The lowest BCUT2D eigenvalue weighted by Gasteiger charge is -2.07. The van der Waals surface area contributed by atoms with Crippen molar-refractivity contribution >= 4 is 18.3 Å². The summed E-state index contributed by atoms with van der Waals surface area (Å²) in [6.45, 7) is 0.886. The Morgan fingerprint density at radius 2 is 1.57 bits per heavy atom. The third-order valence-corrected chi connectivity index (χ3v) is 3.29. The molecule has 0 saturated heterocycles. The molecule has 106 valence electrons. The summed E-state index contributed by atoms with van der Waals surface area (Å²) < 4.78 is 5.71. The van der Waals surface area contributed by atoms with Gasteiger partial charge in [-0.2, -0.15) is 5.10 Å². The number of benzene rings is 2. The van der Waals surface area contributed by atoms with Gasteiger partial charge >= 0.3 is 7.12 Å². The molecule has 1 heterocycles. The largest absolute Gasteiger partial charge is 0.488 e. The number of hydrogen-bond acceptors (Lipinski definition) is 5. The summed E-state index contributed by atoms with van der Waals surface area (Å²) in [6.07, 6.45) is 0.936. The van der Waals surface area contributed by atoms with Gasteiger partial charge in [-0.25, -0.2) is 0 Å². The Kier molecular flexibility index (Phi) is 3.90. The van der Waals surface area contributed by atoms with Crippen molar-refractivity contribution in [2.45, 2.75) is 6.42 Å². The SMILES string of the molecule is OB(O)c1ccc(Oc2ccc(C3=NNCC3)cc2)cc1. The van der Waals surface area contributed by atoms with E-state index >= 15 is 0 Å². The van der Waals surface area contributed by atoms with Gasteiger partial charge in [0.05, 0.1) is 5.71 Å². The van der Waals surface area contributed by atoms with Crippen molar-refractivity contribution in [3.8, 4) is 11.5 Å². The lowest BCUT2D eigenvalue weighted by Crippen LogP contribution is -2.29. The van der Waals surface area contributed by atoms with Crippen molar-refractivity contribution in [2.75, 3.05) is 6.54 Å². The lowest BCUT2D eigenvalue weighted by molar-refractivity contribution is 0.425.